The molecule has 1 heterocycles. The van der Waals surface area contributed by atoms with Crippen molar-refractivity contribution in [2.75, 3.05) is 14.2 Å². The second-order valence-electron chi connectivity index (χ2n) is 6.09. The fourth-order valence-electron chi connectivity index (χ4n) is 2.89. The van der Waals surface area contributed by atoms with Gasteiger partial charge in [0, 0.05) is 37.3 Å². The van der Waals surface area contributed by atoms with Crippen molar-refractivity contribution in [2.45, 2.75) is 20.0 Å². The van der Waals surface area contributed by atoms with E-state index in [0.717, 1.165) is 33.7 Å². The lowest BCUT2D eigenvalue weighted by molar-refractivity contribution is 0.408. The van der Waals surface area contributed by atoms with Crippen molar-refractivity contribution in [2.24, 2.45) is 4.99 Å². The molecule has 1 aromatic heterocycles. The summed E-state index contributed by atoms with van der Waals surface area (Å²) in [5.74, 6) is 1.62. The minimum absolute atomic E-state index is 0.636. The number of methoxy groups -OCH3 is 1. The number of guanidine groups is 1. The maximum atomic E-state index is 5.46. The zero-order valence-electron chi connectivity index (χ0n) is 15.4. The Labute approximate surface area is 154 Å². The van der Waals surface area contributed by atoms with Gasteiger partial charge in [-0.2, -0.15) is 0 Å². The van der Waals surface area contributed by atoms with Crippen molar-refractivity contribution in [1.29, 1.82) is 0 Å². The largest absolute Gasteiger partial charge is 0.496 e. The molecule has 0 saturated heterocycles. The van der Waals surface area contributed by atoms with E-state index in [0.29, 0.717) is 13.1 Å². The van der Waals surface area contributed by atoms with Crippen LogP contribution < -0.4 is 15.4 Å². The minimum Gasteiger partial charge on any atom is -0.496 e. The van der Waals surface area contributed by atoms with E-state index in [1.54, 1.807) is 14.2 Å². The zero-order valence-corrected chi connectivity index (χ0v) is 15.4. The van der Waals surface area contributed by atoms with E-state index >= 15 is 0 Å². The molecule has 2 aromatic carbocycles. The molecule has 0 aliphatic carbocycles. The molecule has 0 aliphatic rings. The molecule has 26 heavy (non-hydrogen) atoms. The van der Waals surface area contributed by atoms with Gasteiger partial charge in [0.1, 0.15) is 5.75 Å². The lowest BCUT2D eigenvalue weighted by Crippen LogP contribution is -2.36. The topological polar surface area (TPSA) is 58.5 Å². The Hall–Kier alpha value is -3.08. The number of fused-ring (bicyclic) bond motifs is 1. The molecule has 5 nitrogen and oxygen atoms in total. The lowest BCUT2D eigenvalue weighted by atomic mass is 10.1. The first kappa shape index (κ1) is 17.7. The summed E-state index contributed by atoms with van der Waals surface area (Å²) >= 11 is 0. The average molecular weight is 348 g/mol. The number of benzene rings is 2. The van der Waals surface area contributed by atoms with Crippen LogP contribution in [0.15, 0.2) is 59.7 Å². The SMILES string of the molecule is CN=C(NCc1ccc(C)cc1OC)NCc1cccc2cccnc12. The van der Waals surface area contributed by atoms with Gasteiger partial charge in [0.25, 0.3) is 0 Å². The molecule has 5 heteroatoms. The van der Waals surface area contributed by atoms with E-state index < -0.39 is 0 Å². The molecule has 2 N–H and O–H groups in total. The van der Waals surface area contributed by atoms with E-state index in [9.17, 15) is 0 Å². The molecule has 0 atom stereocenters. The number of hydrogen-bond donors (Lipinski definition) is 2. The number of ether oxygens (including phenoxy) is 1. The van der Waals surface area contributed by atoms with Crippen LogP contribution in [0, 0.1) is 6.92 Å². The monoisotopic (exact) mass is 348 g/mol. The molecule has 3 rings (SSSR count). The van der Waals surface area contributed by atoms with Crippen LogP contribution in [0.2, 0.25) is 0 Å². The molecule has 0 aliphatic heterocycles. The number of aromatic nitrogens is 1. The third kappa shape index (κ3) is 4.11. The number of para-hydroxylation sites is 1. The van der Waals surface area contributed by atoms with Crippen molar-refractivity contribution in [1.82, 2.24) is 15.6 Å². The van der Waals surface area contributed by atoms with Crippen LogP contribution in [0.5, 0.6) is 5.75 Å². The smallest absolute Gasteiger partial charge is 0.191 e. The van der Waals surface area contributed by atoms with Crippen LogP contribution >= 0.6 is 0 Å². The fourth-order valence-corrected chi connectivity index (χ4v) is 2.89. The highest BCUT2D eigenvalue weighted by atomic mass is 16.5. The van der Waals surface area contributed by atoms with Crippen LogP contribution in [0.3, 0.4) is 0 Å². The summed E-state index contributed by atoms with van der Waals surface area (Å²) in [5.41, 5.74) is 4.42. The lowest BCUT2D eigenvalue weighted by Gasteiger charge is -2.15. The molecule has 3 aromatic rings. The summed E-state index contributed by atoms with van der Waals surface area (Å²) in [6.45, 7) is 3.34. The first-order valence-corrected chi connectivity index (χ1v) is 8.62. The molecule has 0 spiro atoms. The Morgan fingerprint density at radius 3 is 2.58 bits per heavy atom. The minimum atomic E-state index is 0.636. The third-order valence-corrected chi connectivity index (χ3v) is 4.28. The van der Waals surface area contributed by atoms with E-state index in [4.69, 9.17) is 4.74 Å². The van der Waals surface area contributed by atoms with Crippen molar-refractivity contribution in [3.63, 3.8) is 0 Å². The summed E-state index contributed by atoms with van der Waals surface area (Å²) in [4.78, 5) is 8.80. The zero-order chi connectivity index (χ0) is 18.4. The average Bonchev–Trinajstić information content (AvgIpc) is 2.68. The summed E-state index contributed by atoms with van der Waals surface area (Å²) < 4.78 is 5.46. The number of rotatable bonds is 5. The van der Waals surface area contributed by atoms with Gasteiger partial charge in [-0.3, -0.25) is 9.98 Å². The quantitative estimate of drug-likeness (QED) is 0.548. The van der Waals surface area contributed by atoms with Gasteiger partial charge < -0.3 is 15.4 Å². The maximum Gasteiger partial charge on any atom is 0.191 e. The Morgan fingerprint density at radius 1 is 1.04 bits per heavy atom. The molecular formula is C21H24N4O. The van der Waals surface area contributed by atoms with Crippen LogP contribution in [-0.4, -0.2) is 25.1 Å². The molecule has 0 fully saturated rings. The number of aryl methyl sites for hydroxylation is 1. The number of nitrogens with one attached hydrogen (secondary N) is 2. The van der Waals surface area contributed by atoms with Gasteiger partial charge in [0.2, 0.25) is 0 Å². The molecule has 0 radical (unpaired) electrons. The molecule has 134 valence electrons. The summed E-state index contributed by atoms with van der Waals surface area (Å²) in [6, 6.07) is 16.4. The van der Waals surface area contributed by atoms with E-state index in [2.05, 4.69) is 57.9 Å². The Balaban J connectivity index is 1.65. The second kappa shape index (κ2) is 8.34. The molecule has 0 bridgehead atoms. The van der Waals surface area contributed by atoms with Crippen molar-refractivity contribution < 1.29 is 4.74 Å². The van der Waals surface area contributed by atoms with Gasteiger partial charge in [-0.05, 0) is 30.2 Å². The van der Waals surface area contributed by atoms with E-state index in [1.807, 2.05) is 24.4 Å². The van der Waals surface area contributed by atoms with Crippen molar-refractivity contribution >= 4 is 16.9 Å². The highest BCUT2D eigenvalue weighted by molar-refractivity contribution is 5.83. The van der Waals surface area contributed by atoms with Crippen LogP contribution in [0.25, 0.3) is 10.9 Å². The van der Waals surface area contributed by atoms with Gasteiger partial charge in [-0.25, -0.2) is 0 Å². The van der Waals surface area contributed by atoms with Crippen LogP contribution in [0.1, 0.15) is 16.7 Å². The van der Waals surface area contributed by atoms with Gasteiger partial charge in [0.05, 0.1) is 12.6 Å². The maximum absolute atomic E-state index is 5.46. The standard InChI is InChI=1S/C21H24N4O/c1-15-9-10-17(19(12-15)26-3)13-24-21(22-2)25-14-18-7-4-6-16-8-5-11-23-20(16)18/h4-12H,13-14H2,1-3H3,(H2,22,24,25). The van der Waals surface area contributed by atoms with Gasteiger partial charge in [0.15, 0.2) is 5.96 Å². The van der Waals surface area contributed by atoms with E-state index in [1.165, 1.54) is 5.56 Å². The normalized spacial score (nSPS) is 11.4. The Morgan fingerprint density at radius 2 is 1.81 bits per heavy atom. The van der Waals surface area contributed by atoms with Gasteiger partial charge in [-0.15, -0.1) is 0 Å². The third-order valence-electron chi connectivity index (χ3n) is 4.28. The van der Waals surface area contributed by atoms with Gasteiger partial charge >= 0.3 is 0 Å². The van der Waals surface area contributed by atoms with E-state index in [-0.39, 0.29) is 0 Å². The predicted octanol–water partition coefficient (Wildman–Crippen LogP) is 3.42. The van der Waals surface area contributed by atoms with Crippen molar-refractivity contribution in [3.8, 4) is 5.75 Å². The Bertz CT molecular complexity index is 916. The molecular weight excluding hydrogens is 324 g/mol. The summed E-state index contributed by atoms with van der Waals surface area (Å²) in [5, 5.41) is 7.83. The molecule has 0 unspecified atom stereocenters. The first-order chi connectivity index (χ1) is 12.7. The molecule has 0 saturated carbocycles. The van der Waals surface area contributed by atoms with Gasteiger partial charge in [-0.1, -0.05) is 36.4 Å². The fraction of sp³-hybridized carbons (Fsp3) is 0.238. The Kier molecular flexibility index (Phi) is 5.69. The van der Waals surface area contributed by atoms with Crippen LogP contribution in [-0.2, 0) is 13.1 Å². The molecule has 0 amide bonds. The summed E-state index contributed by atoms with van der Waals surface area (Å²) in [7, 11) is 3.46. The first-order valence-electron chi connectivity index (χ1n) is 8.62. The highest BCUT2D eigenvalue weighted by Crippen LogP contribution is 2.19. The number of hydrogen-bond acceptors (Lipinski definition) is 3. The van der Waals surface area contributed by atoms with Crippen LogP contribution in [0.4, 0.5) is 0 Å². The number of nitrogens with zero attached hydrogens (tertiary/aromatic N) is 2. The van der Waals surface area contributed by atoms with Crippen molar-refractivity contribution in [3.05, 3.63) is 71.4 Å². The predicted molar refractivity (Wildman–Crippen MR) is 107 cm³/mol. The number of aliphatic imine (C=N–C) groups is 1. The number of pyridine rings is 1. The highest BCUT2D eigenvalue weighted by Gasteiger charge is 2.06. The summed E-state index contributed by atoms with van der Waals surface area (Å²) in [6.07, 6.45) is 1.82. The second-order valence-corrected chi connectivity index (χ2v) is 6.09.